The third-order valence-electron chi connectivity index (χ3n) is 6.23. The van der Waals surface area contributed by atoms with Crippen molar-refractivity contribution >= 4 is 5.91 Å². The molecule has 1 saturated heterocycles. The summed E-state index contributed by atoms with van der Waals surface area (Å²) in [5.41, 5.74) is 0.392. The lowest BCUT2D eigenvalue weighted by molar-refractivity contribution is -0.891. The number of hydrogen-bond donors (Lipinski definition) is 1. The predicted octanol–water partition coefficient (Wildman–Crippen LogP) is 4.08. The molecule has 1 fully saturated rings. The number of aromatic nitrogens is 1. The van der Waals surface area contributed by atoms with Crippen LogP contribution < -0.4 is 14.9 Å². The number of rotatable bonds is 7. The second-order valence-electron chi connectivity index (χ2n) is 9.43. The zero-order valence-corrected chi connectivity index (χ0v) is 21.1. The lowest BCUT2D eigenvalue weighted by atomic mass is 9.97. The molecule has 12 heteroatoms. The van der Waals surface area contributed by atoms with Crippen molar-refractivity contribution in [2.45, 2.75) is 83.9 Å². The van der Waals surface area contributed by atoms with Gasteiger partial charge in [-0.25, -0.2) is 0 Å². The van der Waals surface area contributed by atoms with Gasteiger partial charge in [-0.1, -0.05) is 6.92 Å². The molecule has 0 saturated carbocycles. The molecule has 0 bridgehead atoms. The number of nitrogens with one attached hydrogen (secondary N) is 1. The average Bonchev–Trinajstić information content (AvgIpc) is 2.79. The molecule has 1 amide bonds. The van der Waals surface area contributed by atoms with E-state index in [1.165, 1.54) is 11.8 Å². The largest absolute Gasteiger partial charge is 0.422 e. The molecule has 2 atom stereocenters. The van der Waals surface area contributed by atoms with Crippen molar-refractivity contribution in [2.75, 3.05) is 26.9 Å². The van der Waals surface area contributed by atoms with Crippen LogP contribution in [-0.2, 0) is 28.7 Å². The Bertz CT molecular complexity index is 851. The average molecular weight is 529 g/mol. The van der Waals surface area contributed by atoms with Crippen LogP contribution in [0.4, 0.5) is 26.3 Å². The van der Waals surface area contributed by atoms with Crippen molar-refractivity contribution in [1.82, 2.24) is 10.2 Å². The molecule has 0 aliphatic carbocycles. The van der Waals surface area contributed by atoms with Gasteiger partial charge in [-0.15, -0.1) is 0 Å². The zero-order valence-electron chi connectivity index (χ0n) is 21.1. The minimum Gasteiger partial charge on any atom is -0.381 e. The van der Waals surface area contributed by atoms with Crippen molar-refractivity contribution in [3.63, 3.8) is 0 Å². The Morgan fingerprint density at radius 2 is 1.81 bits per heavy atom. The van der Waals surface area contributed by atoms with E-state index in [0.717, 1.165) is 51.2 Å². The van der Waals surface area contributed by atoms with Crippen molar-refractivity contribution < 1.29 is 45.4 Å². The van der Waals surface area contributed by atoms with Gasteiger partial charge in [0.2, 0.25) is 17.8 Å². The van der Waals surface area contributed by atoms with E-state index in [1.807, 2.05) is 6.92 Å². The molecule has 0 radical (unpaired) electrons. The summed E-state index contributed by atoms with van der Waals surface area (Å²) in [4.78, 5) is 19.8. The number of halogens is 6. The Kier molecular flexibility index (Phi) is 10.8. The second-order valence-corrected chi connectivity index (χ2v) is 9.43. The highest BCUT2D eigenvalue weighted by molar-refractivity contribution is 5.78. The quantitative estimate of drug-likeness (QED) is 0.428. The summed E-state index contributed by atoms with van der Waals surface area (Å²) < 4.78 is 77.3. The van der Waals surface area contributed by atoms with E-state index >= 15 is 0 Å². The van der Waals surface area contributed by atoms with Gasteiger partial charge in [-0.3, -0.25) is 9.63 Å². The second kappa shape index (κ2) is 12.9. The molecule has 2 aliphatic rings. The fourth-order valence-electron chi connectivity index (χ4n) is 4.38. The van der Waals surface area contributed by atoms with Gasteiger partial charge in [0.25, 0.3) is 0 Å². The van der Waals surface area contributed by atoms with Crippen molar-refractivity contribution in [2.24, 2.45) is 5.92 Å². The van der Waals surface area contributed by atoms with Crippen LogP contribution in [0, 0.1) is 5.92 Å². The van der Waals surface area contributed by atoms with Gasteiger partial charge >= 0.3 is 12.4 Å². The van der Waals surface area contributed by atoms with E-state index in [1.54, 1.807) is 4.90 Å². The number of alkyl halides is 6. The van der Waals surface area contributed by atoms with Crippen LogP contribution in [0.25, 0.3) is 0 Å². The number of ether oxygens (including phenoxy) is 1. The van der Waals surface area contributed by atoms with Crippen LogP contribution in [0.1, 0.15) is 63.3 Å². The van der Waals surface area contributed by atoms with E-state index in [9.17, 15) is 31.1 Å². The molecule has 6 nitrogen and oxygen atoms in total. The number of pyridine rings is 1. The topological polar surface area (TPSA) is 54.7 Å². The Morgan fingerprint density at radius 3 is 2.36 bits per heavy atom. The fraction of sp³-hybridized carbons (Fsp3) is 0.750. The number of fused-ring (bicyclic) bond motifs is 1. The van der Waals surface area contributed by atoms with Crippen LogP contribution in [0.3, 0.4) is 0 Å². The molecule has 3 rings (SSSR count). The summed E-state index contributed by atoms with van der Waals surface area (Å²) in [6.45, 7) is 6.44. The number of hydrogen-bond acceptors (Lipinski definition) is 4. The molecule has 0 spiro atoms. The van der Waals surface area contributed by atoms with E-state index in [0.29, 0.717) is 36.3 Å². The van der Waals surface area contributed by atoms with E-state index < -0.39 is 17.9 Å². The standard InChI is InChI=1S/C22H33F3N3O3.C2H3F3/c1-15(4-5-16(2)26-19-7-10-31-11-8-19)21(29)27-9-6-20-17(13-27)12-18(22(23,24)25)14-28(20)30-3;1-2(3,4)5/h12,14-16,19,26H,4-11,13H2,1-3H3;1H3/q+1;/t15-,16+;/m1./s1. The van der Waals surface area contributed by atoms with Gasteiger partial charge in [0.15, 0.2) is 0 Å². The van der Waals surface area contributed by atoms with Gasteiger partial charge in [0.1, 0.15) is 12.7 Å². The number of amides is 1. The molecule has 36 heavy (non-hydrogen) atoms. The van der Waals surface area contributed by atoms with E-state index in [2.05, 4.69) is 12.2 Å². The normalized spacial score (nSPS) is 18.6. The zero-order chi connectivity index (χ0) is 27.1. The molecule has 0 unspecified atom stereocenters. The first-order chi connectivity index (χ1) is 16.7. The molecular weight excluding hydrogens is 492 g/mol. The maximum Gasteiger partial charge on any atom is 0.422 e. The SMILES string of the molecule is CC(F)(F)F.CO[n+]1cc(C(F)(F)F)cc2c1CCN(C(=O)[C@H](C)CC[C@H](C)NC1CCOCC1)C2. The molecule has 1 N–H and O–H groups in total. The highest BCUT2D eigenvalue weighted by atomic mass is 19.4. The smallest absolute Gasteiger partial charge is 0.381 e. The first kappa shape index (κ1) is 30.1. The van der Waals surface area contributed by atoms with Gasteiger partial charge in [-0.2, -0.15) is 26.3 Å². The lowest BCUT2D eigenvalue weighted by Crippen LogP contribution is -2.50. The highest BCUT2D eigenvalue weighted by Gasteiger charge is 2.38. The Labute approximate surface area is 207 Å². The summed E-state index contributed by atoms with van der Waals surface area (Å²) in [6.07, 6.45) is -3.42. The van der Waals surface area contributed by atoms with Crippen LogP contribution in [0.15, 0.2) is 12.3 Å². The summed E-state index contributed by atoms with van der Waals surface area (Å²) in [7, 11) is 1.34. The molecule has 1 aromatic heterocycles. The summed E-state index contributed by atoms with van der Waals surface area (Å²) in [5.74, 6) is -0.189. The Hall–Kier alpha value is -2.08. The van der Waals surface area contributed by atoms with Crippen LogP contribution in [0.2, 0.25) is 0 Å². The number of nitrogens with zero attached hydrogens (tertiary/aromatic N) is 2. The molecular formula is C24H36F6N3O3+. The highest BCUT2D eigenvalue weighted by Crippen LogP contribution is 2.31. The van der Waals surface area contributed by atoms with Crippen LogP contribution >= 0.6 is 0 Å². The maximum absolute atomic E-state index is 13.2. The van der Waals surface area contributed by atoms with Gasteiger partial charge < -0.3 is 15.0 Å². The molecule has 0 aromatic carbocycles. The number of carbonyl (C=O) groups excluding carboxylic acids is 1. The lowest BCUT2D eigenvalue weighted by Gasteiger charge is -2.30. The Morgan fingerprint density at radius 1 is 1.19 bits per heavy atom. The van der Waals surface area contributed by atoms with Crippen LogP contribution in [0.5, 0.6) is 0 Å². The van der Waals surface area contributed by atoms with E-state index in [-0.39, 0.29) is 25.3 Å². The fourth-order valence-corrected chi connectivity index (χ4v) is 4.38. The Balaban J connectivity index is 0.000000830. The molecule has 2 aliphatic heterocycles. The third-order valence-corrected chi connectivity index (χ3v) is 6.23. The van der Waals surface area contributed by atoms with Gasteiger partial charge in [0, 0.05) is 55.0 Å². The molecule has 3 heterocycles. The minimum absolute atomic E-state index is 0.00899. The maximum atomic E-state index is 13.2. The summed E-state index contributed by atoms with van der Waals surface area (Å²) >= 11 is 0. The summed E-state index contributed by atoms with van der Waals surface area (Å²) in [6, 6.07) is 1.90. The van der Waals surface area contributed by atoms with Gasteiger partial charge in [0.05, 0.1) is 13.0 Å². The molecule has 1 aromatic rings. The molecule has 206 valence electrons. The minimum atomic E-state index is -4.47. The number of carbonyl (C=O) groups is 1. The van der Waals surface area contributed by atoms with Crippen LogP contribution in [-0.4, -0.2) is 55.9 Å². The van der Waals surface area contributed by atoms with Crippen molar-refractivity contribution in [3.05, 3.63) is 29.1 Å². The van der Waals surface area contributed by atoms with Crippen molar-refractivity contribution in [1.29, 1.82) is 0 Å². The summed E-state index contributed by atoms with van der Waals surface area (Å²) in [5, 5.41) is 3.61. The van der Waals surface area contributed by atoms with Crippen molar-refractivity contribution in [3.8, 4) is 0 Å². The first-order valence-electron chi connectivity index (χ1n) is 12.1. The first-order valence-corrected chi connectivity index (χ1v) is 12.1. The monoisotopic (exact) mass is 528 g/mol. The predicted molar refractivity (Wildman–Crippen MR) is 120 cm³/mol. The van der Waals surface area contributed by atoms with Gasteiger partial charge in [-0.05, 0) is 38.7 Å². The third kappa shape index (κ3) is 9.76. The van der Waals surface area contributed by atoms with E-state index in [4.69, 9.17) is 9.57 Å².